The summed E-state index contributed by atoms with van der Waals surface area (Å²) in [6.45, 7) is 0. The summed E-state index contributed by atoms with van der Waals surface area (Å²) in [6.07, 6.45) is 2.80. The van der Waals surface area contributed by atoms with Gasteiger partial charge in [0.25, 0.3) is 0 Å². The van der Waals surface area contributed by atoms with Crippen molar-refractivity contribution < 1.29 is 8.78 Å². The lowest BCUT2D eigenvalue weighted by atomic mass is 10.0. The van der Waals surface area contributed by atoms with Gasteiger partial charge < -0.3 is 5.73 Å². The van der Waals surface area contributed by atoms with Crippen LogP contribution in [-0.4, -0.2) is 10.2 Å². The second-order valence-electron chi connectivity index (χ2n) is 3.41. The van der Waals surface area contributed by atoms with Crippen molar-refractivity contribution in [1.82, 2.24) is 10.2 Å². The second kappa shape index (κ2) is 4.73. The van der Waals surface area contributed by atoms with Crippen molar-refractivity contribution in [3.05, 3.63) is 58.4 Å². The second-order valence-corrected chi connectivity index (χ2v) is 3.82. The van der Waals surface area contributed by atoms with Gasteiger partial charge >= 0.3 is 0 Å². The zero-order valence-corrected chi connectivity index (χ0v) is 9.33. The molecule has 0 aliphatic rings. The van der Waals surface area contributed by atoms with E-state index in [4.69, 9.17) is 17.3 Å². The lowest BCUT2D eigenvalue weighted by Crippen LogP contribution is -2.15. The Labute approximate surface area is 101 Å². The third kappa shape index (κ3) is 2.25. The maximum Gasteiger partial charge on any atom is 0.165 e. The number of nitrogens with two attached hydrogens (primary N) is 1. The van der Waals surface area contributed by atoms with E-state index in [1.165, 1.54) is 18.5 Å². The molecule has 0 radical (unpaired) electrons. The molecule has 1 aromatic heterocycles. The summed E-state index contributed by atoms with van der Waals surface area (Å²) in [5.74, 6) is -2.02. The van der Waals surface area contributed by atoms with Gasteiger partial charge in [-0.1, -0.05) is 11.6 Å². The number of nitrogens with zero attached hydrogens (tertiary/aromatic N) is 2. The van der Waals surface area contributed by atoms with Crippen LogP contribution in [0.3, 0.4) is 0 Å². The molecule has 0 fully saturated rings. The standard InChI is InChI=1S/C11H8ClF2N3/c12-7-1-2-8(13)10(14)9(7)11(15)6-3-4-16-17-5-6/h1-5,11H,15H2. The Balaban J connectivity index is 2.51. The van der Waals surface area contributed by atoms with E-state index in [1.807, 2.05) is 0 Å². The fourth-order valence-electron chi connectivity index (χ4n) is 1.48. The third-order valence-electron chi connectivity index (χ3n) is 2.36. The van der Waals surface area contributed by atoms with Gasteiger partial charge in [-0.15, -0.1) is 0 Å². The maximum absolute atomic E-state index is 13.6. The Morgan fingerprint density at radius 2 is 1.94 bits per heavy atom. The molecule has 3 nitrogen and oxygen atoms in total. The van der Waals surface area contributed by atoms with Crippen LogP contribution in [0.25, 0.3) is 0 Å². The minimum absolute atomic E-state index is 0.0770. The van der Waals surface area contributed by atoms with Crippen LogP contribution in [0.2, 0.25) is 5.02 Å². The SMILES string of the molecule is NC(c1ccnnc1)c1c(Cl)ccc(F)c1F. The summed E-state index contributed by atoms with van der Waals surface area (Å²) in [6, 6.07) is 2.91. The molecule has 2 rings (SSSR count). The number of hydrogen-bond acceptors (Lipinski definition) is 3. The molecule has 1 heterocycles. The van der Waals surface area contributed by atoms with Crippen LogP contribution in [0.5, 0.6) is 0 Å². The summed E-state index contributed by atoms with van der Waals surface area (Å²) in [5.41, 5.74) is 6.25. The number of rotatable bonds is 2. The van der Waals surface area contributed by atoms with E-state index < -0.39 is 17.7 Å². The molecule has 17 heavy (non-hydrogen) atoms. The molecular formula is C11H8ClF2N3. The predicted octanol–water partition coefficient (Wildman–Crippen LogP) is 2.46. The summed E-state index contributed by atoms with van der Waals surface area (Å²) >= 11 is 5.82. The van der Waals surface area contributed by atoms with Crippen molar-refractivity contribution in [1.29, 1.82) is 0 Å². The first-order valence-electron chi connectivity index (χ1n) is 4.77. The fraction of sp³-hybridized carbons (Fsp3) is 0.0909. The Kier molecular flexibility index (Phi) is 3.31. The third-order valence-corrected chi connectivity index (χ3v) is 2.69. The molecule has 0 aliphatic heterocycles. The van der Waals surface area contributed by atoms with Gasteiger partial charge in [0.15, 0.2) is 11.6 Å². The smallest absolute Gasteiger partial charge is 0.165 e. The largest absolute Gasteiger partial charge is 0.320 e. The van der Waals surface area contributed by atoms with E-state index in [-0.39, 0.29) is 10.6 Å². The summed E-state index contributed by atoms with van der Waals surface area (Å²) in [5, 5.41) is 7.28. The van der Waals surface area contributed by atoms with Gasteiger partial charge in [-0.3, -0.25) is 0 Å². The molecule has 1 aromatic carbocycles. The first-order valence-corrected chi connectivity index (χ1v) is 5.14. The van der Waals surface area contributed by atoms with Gasteiger partial charge in [0.1, 0.15) is 0 Å². The highest BCUT2D eigenvalue weighted by molar-refractivity contribution is 6.31. The van der Waals surface area contributed by atoms with Crippen LogP contribution in [0.4, 0.5) is 8.78 Å². The average molecular weight is 256 g/mol. The fourth-order valence-corrected chi connectivity index (χ4v) is 1.74. The Morgan fingerprint density at radius 1 is 1.18 bits per heavy atom. The number of halogens is 3. The van der Waals surface area contributed by atoms with Crippen molar-refractivity contribution in [2.45, 2.75) is 6.04 Å². The van der Waals surface area contributed by atoms with E-state index in [9.17, 15) is 8.78 Å². The predicted molar refractivity (Wildman–Crippen MR) is 59.4 cm³/mol. The molecule has 0 spiro atoms. The molecule has 2 aromatic rings. The van der Waals surface area contributed by atoms with Crippen LogP contribution >= 0.6 is 11.6 Å². The molecule has 0 aliphatic carbocycles. The molecule has 0 saturated carbocycles. The average Bonchev–Trinajstić information content (AvgIpc) is 2.35. The van der Waals surface area contributed by atoms with E-state index in [1.54, 1.807) is 6.07 Å². The summed E-state index contributed by atoms with van der Waals surface area (Å²) in [7, 11) is 0. The first-order chi connectivity index (χ1) is 8.11. The Hall–Kier alpha value is -1.59. The quantitative estimate of drug-likeness (QED) is 0.839. The molecule has 1 unspecified atom stereocenters. The van der Waals surface area contributed by atoms with Crippen LogP contribution in [-0.2, 0) is 0 Å². The minimum atomic E-state index is -1.04. The van der Waals surface area contributed by atoms with Crippen molar-refractivity contribution in [3.63, 3.8) is 0 Å². The molecule has 1 atom stereocenters. The highest BCUT2D eigenvalue weighted by Gasteiger charge is 2.20. The van der Waals surface area contributed by atoms with Gasteiger partial charge in [-0.2, -0.15) is 10.2 Å². The van der Waals surface area contributed by atoms with Gasteiger partial charge in [0, 0.05) is 16.8 Å². The van der Waals surface area contributed by atoms with Crippen LogP contribution < -0.4 is 5.73 Å². The zero-order chi connectivity index (χ0) is 12.4. The molecule has 0 bridgehead atoms. The molecule has 2 N–H and O–H groups in total. The van der Waals surface area contributed by atoms with Gasteiger partial charge in [-0.25, -0.2) is 8.78 Å². The van der Waals surface area contributed by atoms with Gasteiger partial charge in [0.05, 0.1) is 12.2 Å². The Bertz CT molecular complexity index is 534. The van der Waals surface area contributed by atoms with Crippen LogP contribution in [0.15, 0.2) is 30.6 Å². The van der Waals surface area contributed by atoms with Crippen molar-refractivity contribution >= 4 is 11.6 Å². The lowest BCUT2D eigenvalue weighted by Gasteiger charge is -2.14. The number of benzene rings is 1. The molecule has 88 valence electrons. The van der Waals surface area contributed by atoms with Crippen LogP contribution in [0, 0.1) is 11.6 Å². The minimum Gasteiger partial charge on any atom is -0.320 e. The van der Waals surface area contributed by atoms with E-state index in [2.05, 4.69) is 10.2 Å². The van der Waals surface area contributed by atoms with Crippen molar-refractivity contribution in [2.75, 3.05) is 0 Å². The van der Waals surface area contributed by atoms with Gasteiger partial charge in [0.2, 0.25) is 0 Å². The number of hydrogen-bond donors (Lipinski definition) is 1. The molecule has 0 amide bonds. The lowest BCUT2D eigenvalue weighted by molar-refractivity contribution is 0.494. The first kappa shape index (κ1) is 11.9. The monoisotopic (exact) mass is 255 g/mol. The highest BCUT2D eigenvalue weighted by Crippen LogP contribution is 2.29. The Morgan fingerprint density at radius 3 is 2.59 bits per heavy atom. The zero-order valence-electron chi connectivity index (χ0n) is 8.57. The van der Waals surface area contributed by atoms with Gasteiger partial charge in [-0.05, 0) is 23.8 Å². The molecular weight excluding hydrogens is 248 g/mol. The normalized spacial score (nSPS) is 12.5. The van der Waals surface area contributed by atoms with E-state index in [0.717, 1.165) is 6.07 Å². The molecule has 6 heteroatoms. The number of aromatic nitrogens is 2. The molecule has 0 saturated heterocycles. The topological polar surface area (TPSA) is 51.8 Å². The van der Waals surface area contributed by atoms with Crippen LogP contribution in [0.1, 0.15) is 17.2 Å². The van der Waals surface area contributed by atoms with E-state index >= 15 is 0 Å². The summed E-state index contributed by atoms with van der Waals surface area (Å²) in [4.78, 5) is 0. The highest BCUT2D eigenvalue weighted by atomic mass is 35.5. The maximum atomic E-state index is 13.6. The summed E-state index contributed by atoms with van der Waals surface area (Å²) < 4.78 is 26.7. The van der Waals surface area contributed by atoms with E-state index in [0.29, 0.717) is 5.56 Å². The van der Waals surface area contributed by atoms with Crippen molar-refractivity contribution in [2.24, 2.45) is 5.73 Å². The van der Waals surface area contributed by atoms with Crippen molar-refractivity contribution in [3.8, 4) is 0 Å².